The van der Waals surface area contributed by atoms with E-state index in [1.54, 1.807) is 0 Å². The SMILES string of the molecule is c1ccc(-c2ccc(-c3nc(-c4cccc(-c5ccccc5)c4)nc(-c4ccccc4-n4c5ccccc5c5c6oc7c(-c8ccccc8)cccc7c6ccc54)n3)cc2)cc1.c1ccc(-c2nc(-c3ccc4c(c3)oc3ccccc34)nc(-c3ccccc3-n3c4ccccc4c4c5oc6c(-c7ccccc7)cccc6c5ccc43)n2)cc1. The minimum Gasteiger partial charge on any atom is -0.456 e. The molecule has 17 aromatic carbocycles. The summed E-state index contributed by atoms with van der Waals surface area (Å²) in [5.74, 6) is 3.52. The minimum atomic E-state index is 0.566. The zero-order chi connectivity index (χ0) is 78.4. The third kappa shape index (κ3) is 11.7. The molecule has 0 fully saturated rings. The summed E-state index contributed by atoms with van der Waals surface area (Å²) >= 11 is 0. The van der Waals surface area contributed by atoms with Gasteiger partial charge in [-0.2, -0.15) is 0 Å². The lowest BCUT2D eigenvalue weighted by Crippen LogP contribution is -2.03. The molecule has 0 aliphatic carbocycles. The first kappa shape index (κ1) is 68.4. The molecule has 7 heterocycles. The highest BCUT2D eigenvalue weighted by Gasteiger charge is 2.27. The van der Waals surface area contributed by atoms with E-state index in [0.717, 1.165) is 199 Å². The fraction of sp³-hybridized carbons (Fsp3) is 0. The molecule has 11 nitrogen and oxygen atoms in total. The van der Waals surface area contributed by atoms with Gasteiger partial charge in [0.05, 0.1) is 44.2 Å². The monoisotopic (exact) mass is 1520 g/mol. The second kappa shape index (κ2) is 28.4. The predicted molar refractivity (Wildman–Crippen MR) is 485 cm³/mol. The van der Waals surface area contributed by atoms with Gasteiger partial charge >= 0.3 is 0 Å². The van der Waals surface area contributed by atoms with Crippen LogP contribution < -0.4 is 0 Å². The van der Waals surface area contributed by atoms with Gasteiger partial charge in [-0.1, -0.05) is 315 Å². The molecule has 556 valence electrons. The number of furan rings is 3. The van der Waals surface area contributed by atoms with Crippen molar-refractivity contribution in [3.8, 4) is 124 Å². The molecule has 0 radical (unpaired) electrons. The van der Waals surface area contributed by atoms with Crippen LogP contribution in [0.5, 0.6) is 0 Å². The molecule has 0 aliphatic rings. The van der Waals surface area contributed by atoms with E-state index >= 15 is 0 Å². The van der Waals surface area contributed by atoms with Crippen molar-refractivity contribution in [2.24, 2.45) is 0 Å². The van der Waals surface area contributed by atoms with Crippen molar-refractivity contribution in [3.63, 3.8) is 0 Å². The van der Waals surface area contributed by atoms with Crippen LogP contribution in [0.25, 0.3) is 234 Å². The van der Waals surface area contributed by atoms with E-state index in [9.17, 15) is 0 Å². The van der Waals surface area contributed by atoms with Gasteiger partial charge in [-0.05, 0) is 118 Å². The molecule has 24 aromatic rings. The van der Waals surface area contributed by atoms with Crippen LogP contribution in [0.15, 0.2) is 414 Å². The molecule has 0 N–H and O–H groups in total. The van der Waals surface area contributed by atoms with E-state index < -0.39 is 0 Å². The van der Waals surface area contributed by atoms with Crippen LogP contribution in [0.4, 0.5) is 0 Å². The maximum absolute atomic E-state index is 6.98. The summed E-state index contributed by atoms with van der Waals surface area (Å²) in [5.41, 5.74) is 25.5. The first-order valence-corrected chi connectivity index (χ1v) is 39.9. The summed E-state index contributed by atoms with van der Waals surface area (Å²) in [7, 11) is 0. The average Bonchev–Trinajstić information content (AvgIpc) is 1.56. The molecule has 0 amide bonds. The van der Waals surface area contributed by atoms with Gasteiger partial charge in [-0.25, -0.2) is 29.9 Å². The number of rotatable bonds is 12. The maximum Gasteiger partial charge on any atom is 0.166 e. The maximum atomic E-state index is 6.98. The molecule has 11 heteroatoms. The number of aromatic nitrogens is 8. The van der Waals surface area contributed by atoms with Crippen LogP contribution in [0.2, 0.25) is 0 Å². The summed E-state index contributed by atoms with van der Waals surface area (Å²) in [6.07, 6.45) is 0. The lowest BCUT2D eigenvalue weighted by molar-refractivity contribution is 0.669. The van der Waals surface area contributed by atoms with Crippen LogP contribution in [0.3, 0.4) is 0 Å². The lowest BCUT2D eigenvalue weighted by Gasteiger charge is -2.15. The number of para-hydroxylation sites is 7. The molecule has 0 atom stereocenters. The molecule has 119 heavy (non-hydrogen) atoms. The Morgan fingerprint density at radius 2 is 0.487 bits per heavy atom. The van der Waals surface area contributed by atoms with Crippen LogP contribution >= 0.6 is 0 Å². The Kier molecular flexibility index (Phi) is 16.3. The Morgan fingerprint density at radius 3 is 1.01 bits per heavy atom. The summed E-state index contributed by atoms with van der Waals surface area (Å²) in [4.78, 5) is 31.2. The third-order valence-electron chi connectivity index (χ3n) is 23.0. The quantitative estimate of drug-likeness (QED) is 0.117. The Balaban J connectivity index is 0.000000140. The molecule has 7 aromatic heterocycles. The standard InChI is InChI=1S/C57H36N4O.C51H30N4O2/c1-4-16-37(17-5-1)39-30-32-41(33-31-39)55-58-56(43-23-14-22-42(36-43)38-18-6-2-7-19-38)60-57(59-55)48-25-11-13-29-50(48)61-49-28-12-10-24-47(49)52-51(61)35-34-46-45-27-15-26-44(53(45)62-54(46)52)40-20-8-3-9-21-40;1-3-14-31(15-4-1)34-21-13-22-37-38-28-29-43-46(48(38)57-47(34)37)39-19-7-10-23-41(39)55(43)42-24-11-8-20-40(42)51-53-49(32-16-5-2-6-17-32)52-50(54-51)33-26-27-36-35-18-9-12-25-44(35)56-45(36)30-33/h1-36H;1-30H. The Labute approximate surface area is 682 Å². The van der Waals surface area contributed by atoms with Crippen molar-refractivity contribution >= 4 is 109 Å². The molecule has 0 saturated heterocycles. The third-order valence-corrected chi connectivity index (χ3v) is 23.0. The number of fused-ring (bicyclic) bond motifs is 17. The van der Waals surface area contributed by atoms with Gasteiger partial charge in [0.1, 0.15) is 33.5 Å². The highest BCUT2D eigenvalue weighted by atomic mass is 16.3. The van der Waals surface area contributed by atoms with E-state index in [-0.39, 0.29) is 0 Å². The lowest BCUT2D eigenvalue weighted by atomic mass is 10.0. The highest BCUT2D eigenvalue weighted by Crippen LogP contribution is 2.48. The van der Waals surface area contributed by atoms with Gasteiger partial charge in [-0.3, -0.25) is 0 Å². The summed E-state index contributed by atoms with van der Waals surface area (Å²) in [5, 5.41) is 10.8. The molecular formula is C108H66N8O3. The molecule has 0 unspecified atom stereocenters. The number of nitrogens with zero attached hydrogens (tertiary/aromatic N) is 8. The fourth-order valence-electron chi connectivity index (χ4n) is 17.4. The van der Waals surface area contributed by atoms with Crippen molar-refractivity contribution in [1.82, 2.24) is 39.0 Å². The van der Waals surface area contributed by atoms with Gasteiger partial charge in [0, 0.05) is 87.6 Å². The fourth-order valence-corrected chi connectivity index (χ4v) is 17.4. The summed E-state index contributed by atoms with van der Waals surface area (Å²) < 4.78 is 24.9. The normalized spacial score (nSPS) is 11.7. The molecule has 24 rings (SSSR count). The molecule has 0 bridgehead atoms. The van der Waals surface area contributed by atoms with Crippen molar-refractivity contribution in [3.05, 3.63) is 400 Å². The Hall–Kier alpha value is -16.2. The van der Waals surface area contributed by atoms with Gasteiger partial charge in [0.2, 0.25) is 0 Å². The van der Waals surface area contributed by atoms with Crippen LogP contribution in [-0.2, 0) is 0 Å². The van der Waals surface area contributed by atoms with Crippen LogP contribution in [-0.4, -0.2) is 39.0 Å². The second-order valence-electron chi connectivity index (χ2n) is 29.9. The number of hydrogen-bond acceptors (Lipinski definition) is 9. The van der Waals surface area contributed by atoms with Gasteiger partial charge in [-0.15, -0.1) is 0 Å². The highest BCUT2D eigenvalue weighted by molar-refractivity contribution is 6.26. The van der Waals surface area contributed by atoms with E-state index in [1.165, 1.54) is 0 Å². The topological polar surface area (TPSA) is 127 Å². The average molecular weight is 1520 g/mol. The Morgan fingerprint density at radius 1 is 0.168 bits per heavy atom. The van der Waals surface area contributed by atoms with Crippen LogP contribution in [0, 0.1) is 0 Å². The zero-order valence-electron chi connectivity index (χ0n) is 63.9. The first-order chi connectivity index (χ1) is 59.0. The van der Waals surface area contributed by atoms with Gasteiger partial charge < -0.3 is 22.4 Å². The van der Waals surface area contributed by atoms with Crippen molar-refractivity contribution in [2.75, 3.05) is 0 Å². The number of benzene rings is 17. The Bertz CT molecular complexity index is 8090. The van der Waals surface area contributed by atoms with Crippen LogP contribution in [0.1, 0.15) is 0 Å². The molecule has 0 saturated carbocycles. The first-order valence-electron chi connectivity index (χ1n) is 39.9. The van der Waals surface area contributed by atoms with E-state index in [1.807, 2.05) is 84.9 Å². The second-order valence-corrected chi connectivity index (χ2v) is 29.9. The number of hydrogen-bond donors (Lipinski definition) is 0. The van der Waals surface area contributed by atoms with E-state index in [0.29, 0.717) is 34.9 Å². The smallest absolute Gasteiger partial charge is 0.166 e. The molecule has 0 aliphatic heterocycles. The van der Waals surface area contributed by atoms with Gasteiger partial charge in [0.25, 0.3) is 0 Å². The molecule has 0 spiro atoms. The van der Waals surface area contributed by atoms with E-state index in [4.69, 9.17) is 43.2 Å². The summed E-state index contributed by atoms with van der Waals surface area (Å²) in [6, 6.07) is 139. The van der Waals surface area contributed by atoms with E-state index in [2.05, 4.69) is 325 Å². The molecular weight excluding hydrogens is 1460 g/mol. The van der Waals surface area contributed by atoms with Crippen molar-refractivity contribution < 1.29 is 13.3 Å². The van der Waals surface area contributed by atoms with Crippen molar-refractivity contribution in [2.45, 2.75) is 0 Å². The zero-order valence-corrected chi connectivity index (χ0v) is 63.9. The van der Waals surface area contributed by atoms with Gasteiger partial charge in [0.15, 0.2) is 34.9 Å². The minimum absolute atomic E-state index is 0.566. The van der Waals surface area contributed by atoms with Crippen molar-refractivity contribution in [1.29, 1.82) is 0 Å². The largest absolute Gasteiger partial charge is 0.456 e. The summed E-state index contributed by atoms with van der Waals surface area (Å²) in [6.45, 7) is 0. The predicted octanol–water partition coefficient (Wildman–Crippen LogP) is 28.3.